The Morgan fingerprint density at radius 1 is 0.882 bits per heavy atom. The van der Waals surface area contributed by atoms with Crippen molar-refractivity contribution >= 4 is 59.4 Å². The molecule has 6 aromatic rings. The molecule has 0 atom stereocenters. The van der Waals surface area contributed by atoms with Gasteiger partial charge in [0.25, 0.3) is 0 Å². The molecule has 3 aromatic carbocycles. The predicted molar refractivity (Wildman–Crippen MR) is 219 cm³/mol. The van der Waals surface area contributed by atoms with Crippen LogP contribution in [-0.2, 0) is 30.3 Å². The number of aliphatic hydroxyl groups is 1. The number of allylic oxidation sites excluding steroid dienone is 2. The maximum atomic E-state index is 12.2. The normalized spacial score (nSPS) is 12.5. The summed E-state index contributed by atoms with van der Waals surface area (Å²) >= 11 is 3.66. The molecule has 6 rings (SSSR count). The third-order valence-electron chi connectivity index (χ3n) is 10.9. The molecular weight excluding hydrogens is 843 g/mol. The minimum absolute atomic E-state index is 0. The predicted octanol–water partition coefficient (Wildman–Crippen LogP) is 14.1. The second-order valence-electron chi connectivity index (χ2n) is 15.1. The minimum Gasteiger partial charge on any atom is -0.512 e. The van der Waals surface area contributed by atoms with Crippen molar-refractivity contribution in [3.05, 3.63) is 101 Å². The van der Waals surface area contributed by atoms with Crippen LogP contribution in [0.15, 0.2) is 84.1 Å². The van der Waals surface area contributed by atoms with Crippen LogP contribution < -0.4 is 0 Å². The number of hydrogen-bond acceptors (Lipinski definition) is 5. The molecule has 51 heavy (non-hydrogen) atoms. The molecule has 0 saturated carbocycles. The van der Waals surface area contributed by atoms with Crippen LogP contribution in [0.3, 0.4) is 0 Å². The van der Waals surface area contributed by atoms with Gasteiger partial charge in [-0.1, -0.05) is 104 Å². The summed E-state index contributed by atoms with van der Waals surface area (Å²) in [6.07, 6.45) is 6.69. The van der Waals surface area contributed by atoms with Gasteiger partial charge >= 0.3 is 0 Å². The number of ketones is 1. The summed E-state index contributed by atoms with van der Waals surface area (Å²) < 4.78 is 2.57. The van der Waals surface area contributed by atoms with Crippen molar-refractivity contribution in [2.24, 2.45) is 10.8 Å². The number of aromatic nitrogens is 1. The van der Waals surface area contributed by atoms with E-state index in [1.54, 1.807) is 0 Å². The van der Waals surface area contributed by atoms with Gasteiger partial charge < -0.3 is 5.11 Å². The van der Waals surface area contributed by atoms with Crippen molar-refractivity contribution in [2.75, 3.05) is 0 Å². The molecule has 0 amide bonds. The van der Waals surface area contributed by atoms with E-state index in [9.17, 15) is 9.90 Å². The summed E-state index contributed by atoms with van der Waals surface area (Å²) in [6, 6.07) is 25.6. The number of aliphatic hydroxyl groups excluding tert-OH is 1. The van der Waals surface area contributed by atoms with E-state index in [4.69, 9.17) is 4.98 Å². The van der Waals surface area contributed by atoms with Gasteiger partial charge in [0, 0.05) is 74.1 Å². The first-order valence-corrected chi connectivity index (χ1v) is 19.7. The number of nitrogens with zero attached hydrogens (tertiary/aromatic N) is 1. The number of aryl methyl sites for hydroxylation is 1. The van der Waals surface area contributed by atoms with Crippen LogP contribution in [0.5, 0.6) is 0 Å². The van der Waals surface area contributed by atoms with E-state index in [1.807, 2.05) is 70.4 Å². The molecule has 0 aliphatic heterocycles. The van der Waals surface area contributed by atoms with Crippen LogP contribution in [0.4, 0.5) is 0 Å². The van der Waals surface area contributed by atoms with Crippen molar-refractivity contribution in [3.8, 4) is 21.7 Å². The number of carbonyl (C=O) groups excluding carboxylic acids is 1. The third kappa shape index (κ3) is 8.25. The Kier molecular flexibility index (Phi) is 12.9. The molecule has 0 unspecified atom stereocenters. The standard InChI is InChI=1S/C30H24NS2.C15H28O2.Ir/c1-18-17-32-25-11-7-10-23(27(18)25)26-16-20-12-13-31-28(29(20)33-26)21-14-19-8-5-6-9-22(19)24(15-21)30(2,3)4;1-7-14(5,8-2)12(16)11-13(17)15(6,9-3)10-4;/h5-13,15-17H,1-4H3;11,16H,7-10H2,1-6H3;/q-1;;/b;12-11-;. The van der Waals surface area contributed by atoms with E-state index >= 15 is 0 Å². The molecule has 0 saturated heterocycles. The Bertz CT molecular complexity index is 2170. The average Bonchev–Trinajstić information content (AvgIpc) is 3.73. The van der Waals surface area contributed by atoms with Gasteiger partial charge in [-0.05, 0) is 72.6 Å². The van der Waals surface area contributed by atoms with Crippen molar-refractivity contribution in [2.45, 2.75) is 100 Å². The number of hydrogen-bond donors (Lipinski definition) is 1. The maximum absolute atomic E-state index is 12.2. The largest absolute Gasteiger partial charge is 0.512 e. The summed E-state index contributed by atoms with van der Waals surface area (Å²) in [5.41, 5.74) is 5.52. The second-order valence-corrected chi connectivity index (χ2v) is 17.1. The van der Waals surface area contributed by atoms with Crippen molar-refractivity contribution in [3.63, 3.8) is 0 Å². The number of thiophene rings is 2. The SMILES string of the molecule is CCC(C)(CC)C(=O)/C=C(\O)C(C)(CC)CC.Cc1csc2cccc(-c3cc4ccnc(-c5[c-]c6ccccc6c(C(C)(C)C)c5)c4s3)c12.[Ir]. The van der Waals surface area contributed by atoms with E-state index in [2.05, 4.69) is 99.8 Å². The number of benzene rings is 3. The Balaban J connectivity index is 0.000000279. The van der Waals surface area contributed by atoms with Crippen LogP contribution in [0.2, 0.25) is 0 Å². The molecule has 3 nitrogen and oxygen atoms in total. The van der Waals surface area contributed by atoms with Crippen LogP contribution in [0.1, 0.15) is 99.1 Å². The average molecular weight is 895 g/mol. The van der Waals surface area contributed by atoms with Gasteiger partial charge in [-0.2, -0.15) is 0 Å². The van der Waals surface area contributed by atoms with Crippen molar-refractivity contribution in [1.82, 2.24) is 4.98 Å². The van der Waals surface area contributed by atoms with Gasteiger partial charge in [-0.25, -0.2) is 0 Å². The number of pyridine rings is 1. The molecule has 1 N–H and O–H groups in total. The Hall–Kier alpha value is -3.15. The van der Waals surface area contributed by atoms with Crippen LogP contribution in [-0.4, -0.2) is 15.9 Å². The molecule has 0 aliphatic carbocycles. The van der Waals surface area contributed by atoms with Crippen LogP contribution in [0, 0.1) is 23.8 Å². The molecule has 1 radical (unpaired) electrons. The van der Waals surface area contributed by atoms with Crippen LogP contribution >= 0.6 is 22.7 Å². The smallest absolute Gasteiger partial charge is 0.164 e. The van der Waals surface area contributed by atoms with Gasteiger partial charge in [-0.15, -0.1) is 51.8 Å². The first kappa shape index (κ1) is 40.6. The molecule has 0 fully saturated rings. The molecular formula is C45H52IrNO2S2-. The summed E-state index contributed by atoms with van der Waals surface area (Å²) in [5.74, 6) is 0.286. The summed E-state index contributed by atoms with van der Waals surface area (Å²) in [5, 5.41) is 17.4. The van der Waals surface area contributed by atoms with E-state index in [1.165, 1.54) is 53.2 Å². The Morgan fingerprint density at radius 3 is 2.20 bits per heavy atom. The summed E-state index contributed by atoms with van der Waals surface area (Å²) in [6.45, 7) is 21.1. The molecule has 3 heterocycles. The fourth-order valence-corrected chi connectivity index (χ4v) is 8.56. The van der Waals surface area contributed by atoms with Gasteiger partial charge in [-0.3, -0.25) is 9.78 Å². The Morgan fingerprint density at radius 2 is 1.55 bits per heavy atom. The third-order valence-corrected chi connectivity index (χ3v) is 13.2. The van der Waals surface area contributed by atoms with Crippen molar-refractivity contribution < 1.29 is 30.0 Å². The quantitative estimate of drug-likeness (QED) is 0.0894. The zero-order valence-electron chi connectivity index (χ0n) is 31.8. The molecule has 3 aromatic heterocycles. The summed E-state index contributed by atoms with van der Waals surface area (Å²) in [7, 11) is 0. The Labute approximate surface area is 326 Å². The number of rotatable bonds is 9. The van der Waals surface area contributed by atoms with E-state index < -0.39 is 0 Å². The molecule has 0 spiro atoms. The van der Waals surface area contributed by atoms with Gasteiger partial charge in [0.2, 0.25) is 0 Å². The van der Waals surface area contributed by atoms with Gasteiger partial charge in [0.15, 0.2) is 5.78 Å². The van der Waals surface area contributed by atoms with Crippen LogP contribution in [0.25, 0.3) is 52.6 Å². The van der Waals surface area contributed by atoms with E-state index in [0.29, 0.717) is 0 Å². The first-order valence-electron chi connectivity index (χ1n) is 18.0. The molecule has 0 aliphatic rings. The molecule has 0 bridgehead atoms. The van der Waals surface area contributed by atoms with Crippen molar-refractivity contribution in [1.29, 1.82) is 0 Å². The zero-order chi connectivity index (χ0) is 36.4. The second kappa shape index (κ2) is 16.3. The number of fused-ring (bicyclic) bond motifs is 3. The number of carbonyl (C=O) groups is 1. The van der Waals surface area contributed by atoms with E-state index in [0.717, 1.165) is 42.3 Å². The fourth-order valence-electron chi connectivity index (χ4n) is 6.40. The zero-order valence-corrected chi connectivity index (χ0v) is 35.8. The first-order chi connectivity index (χ1) is 23.7. The van der Waals surface area contributed by atoms with E-state index in [-0.39, 0.29) is 47.9 Å². The monoisotopic (exact) mass is 895 g/mol. The molecule has 271 valence electrons. The van der Waals surface area contributed by atoms with Gasteiger partial charge in [0.1, 0.15) is 5.76 Å². The maximum Gasteiger partial charge on any atom is 0.164 e. The summed E-state index contributed by atoms with van der Waals surface area (Å²) in [4.78, 5) is 18.3. The van der Waals surface area contributed by atoms with Gasteiger partial charge in [0.05, 0.1) is 0 Å². The fraction of sp³-hybridized carbons (Fsp3) is 0.378. The topological polar surface area (TPSA) is 50.2 Å². The minimum atomic E-state index is -0.337. The molecule has 6 heteroatoms.